The molecule has 0 radical (unpaired) electrons. The maximum atomic E-state index is 12.4. The Morgan fingerprint density at radius 3 is 2.62 bits per heavy atom. The van der Waals surface area contributed by atoms with Crippen molar-refractivity contribution in [2.75, 3.05) is 11.6 Å². The van der Waals surface area contributed by atoms with Crippen LogP contribution in [-0.4, -0.2) is 12.2 Å². The van der Waals surface area contributed by atoms with Gasteiger partial charge in [-0.1, -0.05) is 36.4 Å². The fourth-order valence-corrected chi connectivity index (χ4v) is 3.36. The van der Waals surface area contributed by atoms with E-state index in [9.17, 15) is 4.79 Å². The second kappa shape index (κ2) is 5.94. The average Bonchev–Trinajstić information content (AvgIpc) is 3.29. The highest BCUT2D eigenvalue weighted by Gasteiger charge is 2.44. The van der Waals surface area contributed by atoms with Crippen molar-refractivity contribution in [3.8, 4) is 0 Å². The number of hydrogen-bond acceptors (Lipinski definition) is 2. The molecule has 0 spiro atoms. The first-order valence-electron chi connectivity index (χ1n) is 7.20. The van der Waals surface area contributed by atoms with Crippen molar-refractivity contribution in [1.29, 1.82) is 0 Å². The van der Waals surface area contributed by atoms with Gasteiger partial charge < -0.3 is 5.32 Å². The number of benzene rings is 2. The summed E-state index contributed by atoms with van der Waals surface area (Å²) in [7, 11) is 0. The van der Waals surface area contributed by atoms with E-state index in [1.165, 1.54) is 11.1 Å². The van der Waals surface area contributed by atoms with Crippen LogP contribution in [0.15, 0.2) is 53.4 Å². The molecule has 1 amide bonds. The van der Waals surface area contributed by atoms with Gasteiger partial charge in [0, 0.05) is 10.8 Å². The van der Waals surface area contributed by atoms with Gasteiger partial charge in [0.1, 0.15) is 0 Å². The summed E-state index contributed by atoms with van der Waals surface area (Å²) in [6, 6.07) is 16.3. The first-order chi connectivity index (χ1) is 10.2. The van der Waals surface area contributed by atoms with Gasteiger partial charge in [-0.05, 0) is 48.8 Å². The molecule has 1 fully saturated rings. The van der Waals surface area contributed by atoms with Gasteiger partial charge in [0.25, 0.3) is 0 Å². The minimum Gasteiger partial charge on any atom is -0.325 e. The van der Waals surface area contributed by atoms with Crippen LogP contribution < -0.4 is 5.32 Å². The van der Waals surface area contributed by atoms with Crippen molar-refractivity contribution >= 4 is 23.4 Å². The number of amides is 1. The van der Waals surface area contributed by atoms with Crippen LogP contribution in [0.25, 0.3) is 0 Å². The Kier molecular flexibility index (Phi) is 4.02. The number of para-hydroxylation sites is 1. The molecule has 108 valence electrons. The lowest BCUT2D eigenvalue weighted by atomic mass is 10.0. The molecule has 3 heteroatoms. The first-order valence-corrected chi connectivity index (χ1v) is 8.42. The highest BCUT2D eigenvalue weighted by molar-refractivity contribution is 7.98. The van der Waals surface area contributed by atoms with Crippen molar-refractivity contribution in [2.45, 2.75) is 24.2 Å². The van der Waals surface area contributed by atoms with Gasteiger partial charge in [-0.3, -0.25) is 4.79 Å². The van der Waals surface area contributed by atoms with E-state index in [0.29, 0.717) is 5.92 Å². The lowest BCUT2D eigenvalue weighted by Gasteiger charge is -2.09. The normalized spacial score (nSPS) is 20.1. The van der Waals surface area contributed by atoms with E-state index < -0.39 is 0 Å². The molecule has 1 saturated carbocycles. The zero-order valence-corrected chi connectivity index (χ0v) is 13.1. The zero-order chi connectivity index (χ0) is 14.8. The van der Waals surface area contributed by atoms with Gasteiger partial charge in [-0.2, -0.15) is 0 Å². The van der Waals surface area contributed by atoms with E-state index in [-0.39, 0.29) is 11.8 Å². The van der Waals surface area contributed by atoms with Gasteiger partial charge in [0.2, 0.25) is 5.91 Å². The molecule has 1 N–H and O–H groups in total. The second-order valence-corrected chi connectivity index (χ2v) is 6.34. The van der Waals surface area contributed by atoms with Gasteiger partial charge in [0.05, 0.1) is 5.69 Å². The van der Waals surface area contributed by atoms with Gasteiger partial charge in [0.15, 0.2) is 0 Å². The standard InChI is InChI=1S/C18H19NOS/c1-12-7-3-4-8-13(12)14-11-15(14)18(20)19-16-9-5-6-10-17(16)21-2/h3-10,14-15H,11H2,1-2H3,(H,19,20)/t14-,15-/m0/s1. The smallest absolute Gasteiger partial charge is 0.228 e. The number of hydrogen-bond donors (Lipinski definition) is 1. The minimum atomic E-state index is 0.112. The van der Waals surface area contributed by atoms with Crippen LogP contribution in [0.5, 0.6) is 0 Å². The SMILES string of the molecule is CSc1ccccc1NC(=O)[C@H]1C[C@H]1c1ccccc1C. The molecule has 2 nitrogen and oxygen atoms in total. The predicted octanol–water partition coefficient (Wildman–Crippen LogP) is 4.46. The summed E-state index contributed by atoms with van der Waals surface area (Å²) in [5.41, 5.74) is 3.52. The third-order valence-electron chi connectivity index (χ3n) is 4.08. The van der Waals surface area contributed by atoms with Crippen LogP contribution in [-0.2, 0) is 4.79 Å². The molecule has 0 unspecified atom stereocenters. The molecule has 3 rings (SSSR count). The van der Waals surface area contributed by atoms with Crippen LogP contribution >= 0.6 is 11.8 Å². The number of thioether (sulfide) groups is 1. The summed E-state index contributed by atoms with van der Waals surface area (Å²) in [6.45, 7) is 2.12. The number of rotatable bonds is 4. The molecule has 0 heterocycles. The number of carbonyl (C=O) groups excluding carboxylic acids is 1. The van der Waals surface area contributed by atoms with E-state index in [2.05, 4.69) is 30.4 Å². The molecule has 0 aromatic heterocycles. The topological polar surface area (TPSA) is 29.1 Å². The van der Waals surface area contributed by atoms with Crippen LogP contribution in [0.4, 0.5) is 5.69 Å². The molecule has 0 saturated heterocycles. The highest BCUT2D eigenvalue weighted by atomic mass is 32.2. The maximum Gasteiger partial charge on any atom is 0.228 e. The average molecular weight is 297 g/mol. The molecule has 1 aliphatic rings. The Hall–Kier alpha value is -1.74. The minimum absolute atomic E-state index is 0.112. The van der Waals surface area contributed by atoms with Crippen molar-refractivity contribution in [3.05, 3.63) is 59.7 Å². The van der Waals surface area contributed by atoms with Crippen LogP contribution in [0.2, 0.25) is 0 Å². The van der Waals surface area contributed by atoms with Gasteiger partial charge >= 0.3 is 0 Å². The molecule has 0 aliphatic heterocycles. The number of anilines is 1. The van der Waals surface area contributed by atoms with Crippen molar-refractivity contribution in [3.63, 3.8) is 0 Å². The maximum absolute atomic E-state index is 12.4. The summed E-state index contributed by atoms with van der Waals surface area (Å²) in [4.78, 5) is 13.5. The fraction of sp³-hybridized carbons (Fsp3) is 0.278. The number of carbonyl (C=O) groups is 1. The summed E-state index contributed by atoms with van der Waals surface area (Å²) >= 11 is 1.65. The Morgan fingerprint density at radius 2 is 1.86 bits per heavy atom. The quantitative estimate of drug-likeness (QED) is 0.844. The Labute approximate surface area is 130 Å². The van der Waals surface area contributed by atoms with Crippen LogP contribution in [0.3, 0.4) is 0 Å². The van der Waals surface area contributed by atoms with E-state index >= 15 is 0 Å². The van der Waals surface area contributed by atoms with Crippen molar-refractivity contribution < 1.29 is 4.79 Å². The Morgan fingerprint density at radius 1 is 1.14 bits per heavy atom. The number of nitrogens with one attached hydrogen (secondary N) is 1. The number of aryl methyl sites for hydroxylation is 1. The van der Waals surface area contributed by atoms with Crippen molar-refractivity contribution in [2.24, 2.45) is 5.92 Å². The predicted molar refractivity (Wildman–Crippen MR) is 88.9 cm³/mol. The highest BCUT2D eigenvalue weighted by Crippen LogP contribution is 2.49. The molecule has 21 heavy (non-hydrogen) atoms. The first kappa shape index (κ1) is 14.2. The fourth-order valence-electron chi connectivity index (χ4n) is 2.80. The van der Waals surface area contributed by atoms with Crippen LogP contribution in [0, 0.1) is 12.8 Å². The van der Waals surface area contributed by atoms with Gasteiger partial charge in [-0.15, -0.1) is 11.8 Å². The van der Waals surface area contributed by atoms with E-state index in [0.717, 1.165) is 17.0 Å². The lowest BCUT2D eigenvalue weighted by Crippen LogP contribution is -2.15. The monoisotopic (exact) mass is 297 g/mol. The lowest BCUT2D eigenvalue weighted by molar-refractivity contribution is -0.117. The summed E-state index contributed by atoms with van der Waals surface area (Å²) < 4.78 is 0. The van der Waals surface area contributed by atoms with E-state index in [1.54, 1.807) is 11.8 Å². The molecule has 2 atom stereocenters. The van der Waals surface area contributed by atoms with Crippen molar-refractivity contribution in [1.82, 2.24) is 0 Å². The molecule has 0 bridgehead atoms. The third-order valence-corrected chi connectivity index (χ3v) is 4.88. The molecule has 1 aliphatic carbocycles. The summed E-state index contributed by atoms with van der Waals surface area (Å²) in [5, 5.41) is 3.08. The van der Waals surface area contributed by atoms with Crippen LogP contribution in [0.1, 0.15) is 23.5 Å². The molecular formula is C18H19NOS. The van der Waals surface area contributed by atoms with E-state index in [1.807, 2.05) is 36.6 Å². The largest absolute Gasteiger partial charge is 0.325 e. The summed E-state index contributed by atoms with van der Waals surface area (Å²) in [5.74, 6) is 0.637. The third kappa shape index (κ3) is 2.98. The zero-order valence-electron chi connectivity index (χ0n) is 12.3. The Bertz CT molecular complexity index is 668. The van der Waals surface area contributed by atoms with Gasteiger partial charge in [-0.25, -0.2) is 0 Å². The van der Waals surface area contributed by atoms with E-state index in [4.69, 9.17) is 0 Å². The Balaban J connectivity index is 1.70. The summed E-state index contributed by atoms with van der Waals surface area (Å²) in [6.07, 6.45) is 2.98. The molecule has 2 aromatic rings. The molecule has 2 aromatic carbocycles. The second-order valence-electron chi connectivity index (χ2n) is 5.49. The molecular weight excluding hydrogens is 278 g/mol.